The van der Waals surface area contributed by atoms with Crippen LogP contribution in [0.15, 0.2) is 36.7 Å². The third-order valence-corrected chi connectivity index (χ3v) is 3.78. The maximum absolute atomic E-state index is 6.16. The van der Waals surface area contributed by atoms with Gasteiger partial charge >= 0.3 is 0 Å². The number of nitrogens with one attached hydrogen (secondary N) is 1. The van der Waals surface area contributed by atoms with Crippen molar-refractivity contribution in [2.24, 2.45) is 0 Å². The Labute approximate surface area is 118 Å². The van der Waals surface area contributed by atoms with Crippen molar-refractivity contribution in [3.05, 3.63) is 52.8 Å². The van der Waals surface area contributed by atoms with Gasteiger partial charge < -0.3 is 5.32 Å². The first kappa shape index (κ1) is 12.6. The van der Waals surface area contributed by atoms with Gasteiger partial charge in [-0.15, -0.1) is 0 Å². The molecule has 0 saturated heterocycles. The van der Waals surface area contributed by atoms with Gasteiger partial charge in [-0.05, 0) is 60.2 Å². The summed E-state index contributed by atoms with van der Waals surface area (Å²) in [5, 5.41) is 4.34. The van der Waals surface area contributed by atoms with Gasteiger partial charge in [0.1, 0.15) is 0 Å². The third kappa shape index (κ3) is 2.96. The van der Waals surface area contributed by atoms with Gasteiger partial charge in [0.05, 0.1) is 0 Å². The average molecular weight is 273 g/mol. The van der Waals surface area contributed by atoms with Gasteiger partial charge in [-0.3, -0.25) is 4.98 Å². The molecule has 98 valence electrons. The standard InChI is InChI=1S/C16H17ClN2/c1-11-9-18-7-6-15(11)16-8-13(17)3-2-12(16)10-19-14-4-5-14/h2-3,6-9,14,19H,4-5,10H2,1H3. The van der Waals surface area contributed by atoms with Crippen molar-refractivity contribution < 1.29 is 0 Å². The number of rotatable bonds is 4. The molecular weight excluding hydrogens is 256 g/mol. The van der Waals surface area contributed by atoms with Crippen molar-refractivity contribution in [2.75, 3.05) is 0 Å². The van der Waals surface area contributed by atoms with E-state index in [2.05, 4.69) is 29.4 Å². The summed E-state index contributed by atoms with van der Waals surface area (Å²) < 4.78 is 0. The summed E-state index contributed by atoms with van der Waals surface area (Å²) in [6.07, 6.45) is 6.34. The molecule has 0 amide bonds. The zero-order valence-corrected chi connectivity index (χ0v) is 11.7. The van der Waals surface area contributed by atoms with E-state index in [9.17, 15) is 0 Å². The van der Waals surface area contributed by atoms with Crippen LogP contribution in [0.5, 0.6) is 0 Å². The number of nitrogens with zero attached hydrogens (tertiary/aromatic N) is 1. The van der Waals surface area contributed by atoms with Gasteiger partial charge in [0.25, 0.3) is 0 Å². The molecule has 1 aliphatic carbocycles. The van der Waals surface area contributed by atoms with Crippen LogP contribution in [-0.4, -0.2) is 11.0 Å². The normalized spacial score (nSPS) is 14.6. The molecule has 0 atom stereocenters. The molecule has 1 aromatic carbocycles. The topological polar surface area (TPSA) is 24.9 Å². The summed E-state index contributed by atoms with van der Waals surface area (Å²) in [5.74, 6) is 0. The van der Waals surface area contributed by atoms with Crippen molar-refractivity contribution in [1.29, 1.82) is 0 Å². The molecule has 0 spiro atoms. The molecule has 2 aromatic rings. The molecular formula is C16H17ClN2. The summed E-state index contributed by atoms with van der Waals surface area (Å²) in [6.45, 7) is 2.99. The highest BCUT2D eigenvalue weighted by Crippen LogP contribution is 2.30. The van der Waals surface area contributed by atoms with E-state index >= 15 is 0 Å². The molecule has 1 saturated carbocycles. The number of halogens is 1. The van der Waals surface area contributed by atoms with Crippen LogP contribution in [0.1, 0.15) is 24.0 Å². The Hall–Kier alpha value is -1.38. The lowest BCUT2D eigenvalue weighted by atomic mass is 9.97. The Balaban J connectivity index is 1.97. The Bertz CT molecular complexity index is 591. The van der Waals surface area contributed by atoms with Crippen molar-refractivity contribution >= 4 is 11.6 Å². The second-order valence-electron chi connectivity index (χ2n) is 5.15. The van der Waals surface area contributed by atoms with E-state index in [0.717, 1.165) is 11.6 Å². The van der Waals surface area contributed by atoms with Gasteiger partial charge in [-0.1, -0.05) is 17.7 Å². The SMILES string of the molecule is Cc1cnccc1-c1cc(Cl)ccc1CNC1CC1. The molecule has 1 aliphatic rings. The van der Waals surface area contributed by atoms with Crippen molar-refractivity contribution in [3.8, 4) is 11.1 Å². The first-order valence-corrected chi connectivity index (χ1v) is 7.04. The van der Waals surface area contributed by atoms with Gasteiger partial charge in [0, 0.05) is 30.0 Å². The van der Waals surface area contributed by atoms with Gasteiger partial charge in [-0.25, -0.2) is 0 Å². The second-order valence-corrected chi connectivity index (χ2v) is 5.58. The van der Waals surface area contributed by atoms with E-state index in [1.165, 1.54) is 35.1 Å². The fraction of sp³-hybridized carbons (Fsp3) is 0.312. The molecule has 0 aliphatic heterocycles. The van der Waals surface area contributed by atoms with Gasteiger partial charge in [-0.2, -0.15) is 0 Å². The lowest BCUT2D eigenvalue weighted by molar-refractivity contribution is 0.689. The van der Waals surface area contributed by atoms with E-state index in [0.29, 0.717) is 6.04 Å². The Morgan fingerprint density at radius 2 is 2.11 bits per heavy atom. The first-order valence-electron chi connectivity index (χ1n) is 6.67. The minimum atomic E-state index is 0.710. The zero-order chi connectivity index (χ0) is 13.2. The van der Waals surface area contributed by atoms with E-state index in [-0.39, 0.29) is 0 Å². The van der Waals surface area contributed by atoms with E-state index in [1.54, 1.807) is 0 Å². The molecule has 2 nitrogen and oxygen atoms in total. The lowest BCUT2D eigenvalue weighted by Crippen LogP contribution is -2.15. The molecule has 0 bridgehead atoms. The van der Waals surface area contributed by atoms with Crippen molar-refractivity contribution in [3.63, 3.8) is 0 Å². The van der Waals surface area contributed by atoms with Crippen LogP contribution in [0.2, 0.25) is 5.02 Å². The quantitative estimate of drug-likeness (QED) is 0.911. The highest BCUT2D eigenvalue weighted by molar-refractivity contribution is 6.30. The maximum atomic E-state index is 6.16. The Morgan fingerprint density at radius 3 is 2.84 bits per heavy atom. The number of benzene rings is 1. The van der Waals surface area contributed by atoms with E-state index in [1.807, 2.05) is 24.5 Å². The Morgan fingerprint density at radius 1 is 1.26 bits per heavy atom. The van der Waals surface area contributed by atoms with E-state index in [4.69, 9.17) is 11.6 Å². The van der Waals surface area contributed by atoms with Crippen LogP contribution in [0, 0.1) is 6.92 Å². The fourth-order valence-corrected chi connectivity index (χ4v) is 2.44. The van der Waals surface area contributed by atoms with Crippen LogP contribution in [0.3, 0.4) is 0 Å². The van der Waals surface area contributed by atoms with Crippen LogP contribution in [0.25, 0.3) is 11.1 Å². The van der Waals surface area contributed by atoms with Gasteiger partial charge in [0.2, 0.25) is 0 Å². The van der Waals surface area contributed by atoms with Crippen molar-refractivity contribution in [1.82, 2.24) is 10.3 Å². The van der Waals surface area contributed by atoms with Gasteiger partial charge in [0.15, 0.2) is 0 Å². The summed E-state index contributed by atoms with van der Waals surface area (Å²) in [7, 11) is 0. The molecule has 0 unspecified atom stereocenters. The van der Waals surface area contributed by atoms with Crippen LogP contribution < -0.4 is 5.32 Å². The summed E-state index contributed by atoms with van der Waals surface area (Å²) in [5.41, 5.74) is 4.90. The third-order valence-electron chi connectivity index (χ3n) is 3.54. The number of aryl methyl sites for hydroxylation is 1. The predicted octanol–water partition coefficient (Wildman–Crippen LogP) is 3.96. The number of hydrogen-bond acceptors (Lipinski definition) is 2. The molecule has 3 rings (SSSR count). The average Bonchev–Trinajstić information content (AvgIpc) is 3.22. The van der Waals surface area contributed by atoms with Crippen LogP contribution in [0.4, 0.5) is 0 Å². The fourth-order valence-electron chi connectivity index (χ4n) is 2.27. The van der Waals surface area contributed by atoms with Crippen LogP contribution in [-0.2, 0) is 6.54 Å². The minimum Gasteiger partial charge on any atom is -0.310 e. The minimum absolute atomic E-state index is 0.710. The first-order chi connectivity index (χ1) is 9.24. The highest BCUT2D eigenvalue weighted by Gasteiger charge is 2.20. The Kier molecular flexibility index (Phi) is 3.54. The predicted molar refractivity (Wildman–Crippen MR) is 79.3 cm³/mol. The van der Waals surface area contributed by atoms with Crippen molar-refractivity contribution in [2.45, 2.75) is 32.4 Å². The lowest BCUT2D eigenvalue weighted by Gasteiger charge is -2.13. The maximum Gasteiger partial charge on any atom is 0.0412 e. The molecule has 1 aromatic heterocycles. The number of aromatic nitrogens is 1. The number of pyridine rings is 1. The molecule has 3 heteroatoms. The van der Waals surface area contributed by atoms with E-state index < -0.39 is 0 Å². The monoisotopic (exact) mass is 272 g/mol. The summed E-state index contributed by atoms with van der Waals surface area (Å²) in [4.78, 5) is 4.16. The number of hydrogen-bond donors (Lipinski definition) is 1. The molecule has 1 heterocycles. The molecule has 0 radical (unpaired) electrons. The largest absolute Gasteiger partial charge is 0.310 e. The summed E-state index contributed by atoms with van der Waals surface area (Å²) in [6, 6.07) is 8.90. The smallest absolute Gasteiger partial charge is 0.0412 e. The molecule has 1 N–H and O–H groups in total. The highest BCUT2D eigenvalue weighted by atomic mass is 35.5. The second kappa shape index (κ2) is 5.32. The summed E-state index contributed by atoms with van der Waals surface area (Å²) >= 11 is 6.16. The molecule has 19 heavy (non-hydrogen) atoms. The van der Waals surface area contributed by atoms with Crippen LogP contribution >= 0.6 is 11.6 Å². The molecule has 1 fully saturated rings. The zero-order valence-electron chi connectivity index (χ0n) is 11.0.